The Morgan fingerprint density at radius 3 is 2.69 bits per heavy atom. The zero-order chi connectivity index (χ0) is 24.7. The summed E-state index contributed by atoms with van der Waals surface area (Å²) in [5.74, 6) is 0.740. The van der Waals surface area contributed by atoms with Crippen LogP contribution < -0.4 is 4.90 Å². The van der Waals surface area contributed by atoms with E-state index < -0.39 is 10.0 Å². The maximum absolute atomic E-state index is 12.0. The van der Waals surface area contributed by atoms with Crippen LogP contribution in [0.3, 0.4) is 0 Å². The minimum Gasteiger partial charge on any atom is -0.378 e. The number of aromatic nitrogens is 7. The molecule has 13 heteroatoms. The predicted molar refractivity (Wildman–Crippen MR) is 132 cm³/mol. The monoisotopic (exact) mass is 510 g/mol. The summed E-state index contributed by atoms with van der Waals surface area (Å²) < 4.78 is 38.4. The van der Waals surface area contributed by atoms with Crippen LogP contribution in [0.5, 0.6) is 0 Å². The molecule has 0 aliphatic carbocycles. The molecule has 2 saturated heterocycles. The molecule has 1 unspecified atom stereocenters. The summed E-state index contributed by atoms with van der Waals surface area (Å²) in [4.78, 5) is 11.9. The lowest BCUT2D eigenvalue weighted by Gasteiger charge is -2.28. The highest BCUT2D eigenvalue weighted by atomic mass is 32.2. The van der Waals surface area contributed by atoms with Gasteiger partial charge in [-0.25, -0.2) is 18.1 Å². The van der Waals surface area contributed by atoms with E-state index in [2.05, 4.69) is 20.3 Å². The Bertz CT molecular complexity index is 1500. The quantitative estimate of drug-likeness (QED) is 0.393. The van der Waals surface area contributed by atoms with E-state index in [1.165, 1.54) is 6.20 Å². The number of ether oxygens (including phenoxy) is 2. The molecule has 0 saturated carbocycles. The van der Waals surface area contributed by atoms with Crippen molar-refractivity contribution in [1.82, 2.24) is 34.1 Å². The molecule has 188 valence electrons. The number of nitrogens with zero attached hydrogens (tertiary/aromatic N) is 8. The first-order valence-electron chi connectivity index (χ1n) is 11.9. The first kappa shape index (κ1) is 23.0. The van der Waals surface area contributed by atoms with Crippen LogP contribution in [0.4, 0.5) is 5.82 Å². The Morgan fingerprint density at radius 2 is 1.94 bits per heavy atom. The third kappa shape index (κ3) is 4.22. The zero-order valence-corrected chi connectivity index (χ0v) is 20.6. The Hall–Kier alpha value is -3.42. The molecule has 0 aromatic carbocycles. The molecule has 0 N–H and O–H groups in total. The van der Waals surface area contributed by atoms with Crippen molar-refractivity contribution in [2.45, 2.75) is 25.5 Å². The minimum atomic E-state index is -3.57. The van der Waals surface area contributed by atoms with Crippen molar-refractivity contribution in [3.8, 4) is 22.6 Å². The highest BCUT2D eigenvalue weighted by molar-refractivity contribution is 7.89. The fourth-order valence-corrected chi connectivity index (χ4v) is 5.13. The van der Waals surface area contributed by atoms with Crippen molar-refractivity contribution in [2.24, 2.45) is 0 Å². The fourth-order valence-electron chi connectivity index (χ4n) is 4.67. The minimum absolute atomic E-state index is 0.155. The van der Waals surface area contributed by atoms with Gasteiger partial charge in [0.15, 0.2) is 6.23 Å². The number of hydrogen-bond acceptors (Lipinski definition) is 10. The van der Waals surface area contributed by atoms with Crippen LogP contribution >= 0.6 is 0 Å². The summed E-state index contributed by atoms with van der Waals surface area (Å²) in [6, 6.07) is 5.71. The Labute approximate surface area is 207 Å². The van der Waals surface area contributed by atoms with Crippen LogP contribution in [0.25, 0.3) is 33.5 Å². The van der Waals surface area contributed by atoms with Gasteiger partial charge < -0.3 is 14.4 Å². The molecule has 4 aromatic rings. The van der Waals surface area contributed by atoms with Gasteiger partial charge in [-0.05, 0) is 37.5 Å². The maximum Gasteiger partial charge on any atom is 0.252 e. The maximum atomic E-state index is 12.0. The lowest BCUT2D eigenvalue weighted by atomic mass is 10.0. The average Bonchev–Trinajstić information content (AvgIpc) is 3.59. The van der Waals surface area contributed by atoms with Gasteiger partial charge in [-0.2, -0.15) is 5.10 Å². The summed E-state index contributed by atoms with van der Waals surface area (Å²) in [5.41, 5.74) is 3.31. The molecular weight excluding hydrogens is 484 g/mol. The Morgan fingerprint density at radius 1 is 1.08 bits per heavy atom. The summed E-state index contributed by atoms with van der Waals surface area (Å²) in [5, 5.41) is 13.4. The van der Waals surface area contributed by atoms with Gasteiger partial charge in [-0.3, -0.25) is 4.98 Å². The first-order valence-corrected chi connectivity index (χ1v) is 13.7. The van der Waals surface area contributed by atoms with E-state index in [0.717, 1.165) is 52.1 Å². The molecule has 36 heavy (non-hydrogen) atoms. The largest absolute Gasteiger partial charge is 0.378 e. The standard InChI is InChI=1S/C23H26N8O4S/c1-36(32,33)30-15-18(27-28-30)17-14-20(29-9-12-34-13-10-29)26-22-16(17)5-7-24-23(22)19-6-8-25-31(19)21-4-2-3-11-35-21/h5-8,14-15,21H,2-4,9-13H2,1H3. The summed E-state index contributed by atoms with van der Waals surface area (Å²) in [7, 11) is -3.57. The van der Waals surface area contributed by atoms with E-state index in [1.54, 1.807) is 12.4 Å². The van der Waals surface area contributed by atoms with Gasteiger partial charge in [0.1, 0.15) is 22.7 Å². The van der Waals surface area contributed by atoms with E-state index in [1.807, 2.05) is 22.9 Å². The fraction of sp³-hybridized carbons (Fsp3) is 0.435. The zero-order valence-electron chi connectivity index (χ0n) is 19.8. The van der Waals surface area contributed by atoms with Gasteiger partial charge in [0.2, 0.25) is 0 Å². The Kier molecular flexibility index (Phi) is 5.90. The van der Waals surface area contributed by atoms with Crippen molar-refractivity contribution in [1.29, 1.82) is 0 Å². The predicted octanol–water partition coefficient (Wildman–Crippen LogP) is 2.10. The third-order valence-electron chi connectivity index (χ3n) is 6.48. The highest BCUT2D eigenvalue weighted by Crippen LogP contribution is 2.36. The van der Waals surface area contributed by atoms with Crippen molar-refractivity contribution in [2.75, 3.05) is 44.1 Å². The van der Waals surface area contributed by atoms with Gasteiger partial charge in [0, 0.05) is 43.0 Å². The highest BCUT2D eigenvalue weighted by Gasteiger charge is 2.24. The molecule has 12 nitrogen and oxygen atoms in total. The lowest BCUT2D eigenvalue weighted by Crippen LogP contribution is -2.36. The van der Waals surface area contributed by atoms with Gasteiger partial charge in [-0.1, -0.05) is 5.21 Å². The van der Waals surface area contributed by atoms with Gasteiger partial charge in [0.05, 0.1) is 31.4 Å². The molecule has 0 spiro atoms. The van der Waals surface area contributed by atoms with E-state index in [0.29, 0.717) is 49.8 Å². The first-order chi connectivity index (χ1) is 17.5. The second-order valence-electron chi connectivity index (χ2n) is 8.90. The molecule has 6 rings (SSSR count). The molecule has 1 atom stereocenters. The normalized spacial score (nSPS) is 19.1. The summed E-state index contributed by atoms with van der Waals surface area (Å²) in [6.07, 6.45) is 8.83. The van der Waals surface area contributed by atoms with E-state index in [4.69, 9.17) is 19.4 Å². The number of hydrogen-bond donors (Lipinski definition) is 0. The van der Waals surface area contributed by atoms with E-state index in [9.17, 15) is 8.42 Å². The molecule has 2 aliphatic heterocycles. The molecule has 4 aromatic heterocycles. The third-order valence-corrected chi connectivity index (χ3v) is 7.34. The molecule has 0 bridgehead atoms. The van der Waals surface area contributed by atoms with Gasteiger partial charge in [-0.15, -0.1) is 9.19 Å². The lowest BCUT2D eigenvalue weighted by molar-refractivity contribution is -0.0383. The van der Waals surface area contributed by atoms with Crippen LogP contribution in [0.1, 0.15) is 25.5 Å². The van der Waals surface area contributed by atoms with Gasteiger partial charge >= 0.3 is 0 Å². The molecule has 2 aliphatic rings. The number of fused-ring (bicyclic) bond motifs is 1. The van der Waals surface area contributed by atoms with Gasteiger partial charge in [0.25, 0.3) is 10.0 Å². The van der Waals surface area contributed by atoms with Crippen molar-refractivity contribution >= 4 is 26.7 Å². The van der Waals surface area contributed by atoms with Crippen molar-refractivity contribution < 1.29 is 17.9 Å². The van der Waals surface area contributed by atoms with E-state index >= 15 is 0 Å². The molecular formula is C23H26N8O4S. The number of pyridine rings is 2. The number of morpholine rings is 1. The van der Waals surface area contributed by atoms with Crippen molar-refractivity contribution in [3.63, 3.8) is 0 Å². The molecule has 2 fully saturated rings. The topological polar surface area (TPSA) is 130 Å². The molecule has 6 heterocycles. The van der Waals surface area contributed by atoms with Crippen molar-refractivity contribution in [3.05, 3.63) is 36.8 Å². The number of anilines is 1. The van der Waals surface area contributed by atoms with E-state index in [-0.39, 0.29) is 6.23 Å². The SMILES string of the molecule is CS(=O)(=O)n1cc(-c2cc(N3CCOCC3)nc3c(-c4ccnn4C4CCCCO4)nccc23)nn1. The van der Waals surface area contributed by atoms with Crippen LogP contribution in [0.15, 0.2) is 36.8 Å². The second kappa shape index (κ2) is 9.22. The van der Waals surface area contributed by atoms with Crippen LogP contribution in [0, 0.1) is 0 Å². The summed E-state index contributed by atoms with van der Waals surface area (Å²) in [6.45, 7) is 3.29. The average molecular weight is 511 g/mol. The van der Waals surface area contributed by atoms with Crippen LogP contribution in [0.2, 0.25) is 0 Å². The van der Waals surface area contributed by atoms with Crippen LogP contribution in [-0.4, -0.2) is 81.7 Å². The number of rotatable bonds is 5. The smallest absolute Gasteiger partial charge is 0.252 e. The summed E-state index contributed by atoms with van der Waals surface area (Å²) >= 11 is 0. The second-order valence-corrected chi connectivity index (χ2v) is 10.7. The molecule has 0 radical (unpaired) electrons. The molecule has 0 amide bonds. The Balaban J connectivity index is 1.55. The van der Waals surface area contributed by atoms with Crippen LogP contribution in [-0.2, 0) is 19.5 Å².